The van der Waals surface area contributed by atoms with E-state index in [4.69, 9.17) is 4.74 Å². The number of amides is 1. The van der Waals surface area contributed by atoms with Gasteiger partial charge in [0, 0.05) is 32.3 Å². The molecule has 1 aromatic heterocycles. The molecular formula is C11H15N5O4. The quantitative estimate of drug-likeness (QED) is 0.487. The van der Waals surface area contributed by atoms with Gasteiger partial charge in [-0.3, -0.25) is 4.79 Å². The van der Waals surface area contributed by atoms with Crippen LogP contribution in [-0.4, -0.2) is 56.3 Å². The largest absolute Gasteiger partial charge is 0.461 e. The summed E-state index contributed by atoms with van der Waals surface area (Å²) >= 11 is 0. The topological polar surface area (TPSA) is 99.3 Å². The van der Waals surface area contributed by atoms with E-state index in [0.29, 0.717) is 19.5 Å². The summed E-state index contributed by atoms with van der Waals surface area (Å²) < 4.78 is 6.89. The molecule has 9 nitrogen and oxygen atoms in total. The number of aromatic nitrogens is 4. The highest BCUT2D eigenvalue weighted by atomic mass is 16.5. The lowest BCUT2D eigenvalue weighted by molar-refractivity contribution is -0.139. The van der Waals surface area contributed by atoms with Crippen LogP contribution in [0.1, 0.15) is 12.8 Å². The van der Waals surface area contributed by atoms with E-state index in [2.05, 4.69) is 10.4 Å². The molecule has 20 heavy (non-hydrogen) atoms. The average Bonchev–Trinajstić information content (AvgIpc) is 2.96. The van der Waals surface area contributed by atoms with Gasteiger partial charge in [0.2, 0.25) is 5.91 Å². The molecule has 1 aliphatic heterocycles. The molecule has 1 fully saturated rings. The predicted molar refractivity (Wildman–Crippen MR) is 67.4 cm³/mol. The molecule has 0 aliphatic carbocycles. The van der Waals surface area contributed by atoms with Gasteiger partial charge in [-0.15, -0.1) is 0 Å². The van der Waals surface area contributed by atoms with Crippen LogP contribution in [0.25, 0.3) is 6.20 Å². The standard InChI is InChI=1S/C11H15N5O4/c1-14-11(19)16(13-12-14)6-4-10(18)20-8-7-15-5-2-3-9(15)17/h4,6H,2-3,5,7-8H2,1H3/b6-4+. The first-order valence-electron chi connectivity index (χ1n) is 6.19. The SMILES string of the molecule is Cn1nnn(/C=C/C(=O)OCCN2CCCC2=O)c1=O. The van der Waals surface area contributed by atoms with E-state index < -0.39 is 11.7 Å². The van der Waals surface area contributed by atoms with Gasteiger partial charge in [-0.2, -0.15) is 9.36 Å². The Morgan fingerprint density at radius 3 is 2.80 bits per heavy atom. The van der Waals surface area contributed by atoms with Crippen LogP contribution in [0, 0.1) is 0 Å². The lowest BCUT2D eigenvalue weighted by atomic mass is 10.4. The van der Waals surface area contributed by atoms with Crippen molar-refractivity contribution in [1.82, 2.24) is 24.7 Å². The second-order valence-corrected chi connectivity index (χ2v) is 4.30. The summed E-state index contributed by atoms with van der Waals surface area (Å²) in [6.07, 6.45) is 3.67. The number of ether oxygens (including phenoxy) is 1. The van der Waals surface area contributed by atoms with Crippen molar-refractivity contribution >= 4 is 18.1 Å². The molecule has 0 radical (unpaired) electrons. The Kier molecular flexibility index (Phi) is 4.28. The minimum absolute atomic E-state index is 0.0858. The number of tetrazole rings is 1. The van der Waals surface area contributed by atoms with E-state index in [1.165, 1.54) is 13.2 Å². The maximum absolute atomic E-state index is 11.4. The van der Waals surface area contributed by atoms with Crippen molar-refractivity contribution in [3.63, 3.8) is 0 Å². The molecule has 0 N–H and O–H groups in total. The summed E-state index contributed by atoms with van der Waals surface area (Å²) in [6.45, 7) is 1.23. The van der Waals surface area contributed by atoms with Gasteiger partial charge in [-0.25, -0.2) is 9.59 Å². The summed E-state index contributed by atoms with van der Waals surface area (Å²) in [7, 11) is 1.45. The number of esters is 1. The minimum Gasteiger partial charge on any atom is -0.461 e. The summed E-state index contributed by atoms with van der Waals surface area (Å²) in [5.74, 6) is -0.517. The molecule has 0 saturated carbocycles. The Bertz CT molecular complexity index is 588. The van der Waals surface area contributed by atoms with Crippen LogP contribution in [0.15, 0.2) is 10.9 Å². The minimum atomic E-state index is -0.603. The van der Waals surface area contributed by atoms with Gasteiger partial charge in [0.15, 0.2) is 0 Å². The van der Waals surface area contributed by atoms with E-state index in [0.717, 1.165) is 21.9 Å². The molecule has 2 heterocycles. The lowest BCUT2D eigenvalue weighted by Gasteiger charge is -2.14. The number of rotatable bonds is 5. The van der Waals surface area contributed by atoms with E-state index in [1.54, 1.807) is 4.90 Å². The molecule has 108 valence electrons. The monoisotopic (exact) mass is 281 g/mol. The highest BCUT2D eigenvalue weighted by Gasteiger charge is 2.19. The molecule has 0 bridgehead atoms. The van der Waals surface area contributed by atoms with Crippen LogP contribution in [-0.2, 0) is 21.4 Å². The molecule has 1 amide bonds. The van der Waals surface area contributed by atoms with E-state index >= 15 is 0 Å². The molecule has 0 spiro atoms. The van der Waals surface area contributed by atoms with E-state index in [1.807, 2.05) is 0 Å². The van der Waals surface area contributed by atoms with Crippen molar-refractivity contribution in [3.05, 3.63) is 16.6 Å². The summed E-state index contributed by atoms with van der Waals surface area (Å²) in [6, 6.07) is 0. The third-order valence-electron chi connectivity index (χ3n) is 2.87. The molecule has 1 saturated heterocycles. The van der Waals surface area contributed by atoms with Crippen molar-refractivity contribution in [1.29, 1.82) is 0 Å². The Balaban J connectivity index is 1.76. The second-order valence-electron chi connectivity index (χ2n) is 4.30. The fourth-order valence-corrected chi connectivity index (χ4v) is 1.80. The number of aryl methyl sites for hydroxylation is 1. The van der Waals surface area contributed by atoms with Crippen molar-refractivity contribution < 1.29 is 14.3 Å². The van der Waals surface area contributed by atoms with Crippen LogP contribution in [0.4, 0.5) is 0 Å². The smallest absolute Gasteiger partial charge is 0.367 e. The third kappa shape index (κ3) is 3.31. The molecule has 2 rings (SSSR count). The highest BCUT2D eigenvalue weighted by Crippen LogP contribution is 2.08. The number of likely N-dealkylation sites (tertiary alicyclic amines) is 1. The maximum atomic E-state index is 11.4. The van der Waals surface area contributed by atoms with Crippen LogP contribution < -0.4 is 5.69 Å². The number of hydrogen-bond donors (Lipinski definition) is 0. The number of carbonyl (C=O) groups excluding carboxylic acids is 2. The van der Waals surface area contributed by atoms with Crippen LogP contribution in [0.3, 0.4) is 0 Å². The molecule has 0 unspecified atom stereocenters. The zero-order valence-corrected chi connectivity index (χ0v) is 11.1. The van der Waals surface area contributed by atoms with Gasteiger partial charge in [0.1, 0.15) is 6.61 Å². The van der Waals surface area contributed by atoms with Crippen LogP contribution in [0.2, 0.25) is 0 Å². The maximum Gasteiger partial charge on any atom is 0.367 e. The normalized spacial score (nSPS) is 15.2. The Hall–Kier alpha value is -2.45. The summed E-state index contributed by atoms with van der Waals surface area (Å²) in [4.78, 5) is 35.7. The average molecular weight is 281 g/mol. The fourth-order valence-electron chi connectivity index (χ4n) is 1.80. The predicted octanol–water partition coefficient (Wildman–Crippen LogP) is -1.39. The zero-order valence-electron chi connectivity index (χ0n) is 11.1. The van der Waals surface area contributed by atoms with Gasteiger partial charge in [-0.1, -0.05) is 0 Å². The van der Waals surface area contributed by atoms with Crippen molar-refractivity contribution in [2.45, 2.75) is 12.8 Å². The van der Waals surface area contributed by atoms with E-state index in [-0.39, 0.29) is 12.5 Å². The molecular weight excluding hydrogens is 266 g/mol. The van der Waals surface area contributed by atoms with Crippen LogP contribution in [0.5, 0.6) is 0 Å². The Morgan fingerprint density at radius 1 is 1.40 bits per heavy atom. The van der Waals surface area contributed by atoms with Crippen molar-refractivity contribution in [3.8, 4) is 0 Å². The molecule has 1 aliphatic rings. The van der Waals surface area contributed by atoms with Crippen molar-refractivity contribution in [2.24, 2.45) is 7.05 Å². The zero-order chi connectivity index (χ0) is 14.5. The van der Waals surface area contributed by atoms with Gasteiger partial charge in [-0.05, 0) is 16.8 Å². The molecule has 1 aromatic rings. The van der Waals surface area contributed by atoms with Crippen LogP contribution >= 0.6 is 0 Å². The lowest BCUT2D eigenvalue weighted by Crippen LogP contribution is -2.29. The first kappa shape index (κ1) is 14.0. The van der Waals surface area contributed by atoms with Gasteiger partial charge in [0.25, 0.3) is 0 Å². The number of hydrogen-bond acceptors (Lipinski definition) is 6. The van der Waals surface area contributed by atoms with Crippen molar-refractivity contribution in [2.75, 3.05) is 19.7 Å². The first-order chi connectivity index (χ1) is 9.58. The third-order valence-corrected chi connectivity index (χ3v) is 2.87. The highest BCUT2D eigenvalue weighted by molar-refractivity contribution is 5.84. The Labute approximate surface area is 114 Å². The first-order valence-corrected chi connectivity index (χ1v) is 6.19. The molecule has 9 heteroatoms. The summed E-state index contributed by atoms with van der Waals surface area (Å²) in [5, 5.41) is 7.00. The van der Waals surface area contributed by atoms with Gasteiger partial charge < -0.3 is 9.64 Å². The molecule has 0 atom stereocenters. The fraction of sp³-hybridized carbons (Fsp3) is 0.545. The molecule has 0 aromatic carbocycles. The van der Waals surface area contributed by atoms with E-state index in [9.17, 15) is 14.4 Å². The van der Waals surface area contributed by atoms with Gasteiger partial charge in [0.05, 0.1) is 6.54 Å². The second kappa shape index (κ2) is 6.13. The number of nitrogens with zero attached hydrogens (tertiary/aromatic N) is 5. The Morgan fingerprint density at radius 2 is 2.20 bits per heavy atom. The van der Waals surface area contributed by atoms with Gasteiger partial charge >= 0.3 is 11.7 Å². The number of carbonyl (C=O) groups is 2. The summed E-state index contributed by atoms with van der Waals surface area (Å²) in [5.41, 5.74) is -0.461.